The van der Waals surface area contributed by atoms with Crippen molar-refractivity contribution in [2.24, 2.45) is 17.3 Å². The molecule has 21 heavy (non-hydrogen) atoms. The maximum absolute atomic E-state index is 13.8. The van der Waals surface area contributed by atoms with E-state index in [2.05, 4.69) is 0 Å². The predicted octanol–water partition coefficient (Wildman–Crippen LogP) is 2.07. The van der Waals surface area contributed by atoms with E-state index in [1.165, 1.54) is 6.07 Å². The highest BCUT2D eigenvalue weighted by molar-refractivity contribution is 5.91. The number of nitrogens with zero attached hydrogens (tertiary/aromatic N) is 1. The molecule has 2 atom stereocenters. The normalized spacial score (nSPS) is 26.1. The Morgan fingerprint density at radius 1 is 1.33 bits per heavy atom. The predicted molar refractivity (Wildman–Crippen MR) is 73.9 cm³/mol. The molecule has 1 aromatic carbocycles. The minimum atomic E-state index is -0.929. The van der Waals surface area contributed by atoms with E-state index in [1.807, 2.05) is 6.07 Å². The Balaban J connectivity index is 1.80. The second-order valence-corrected chi connectivity index (χ2v) is 6.50. The zero-order chi connectivity index (χ0) is 15.4. The molecule has 0 spiro atoms. The molecule has 0 saturated heterocycles. The first-order valence-corrected chi connectivity index (χ1v) is 7.12. The Morgan fingerprint density at radius 2 is 2.05 bits per heavy atom. The van der Waals surface area contributed by atoms with Crippen molar-refractivity contribution < 1.29 is 19.1 Å². The van der Waals surface area contributed by atoms with E-state index in [9.17, 15) is 19.1 Å². The molecule has 4 nitrogen and oxygen atoms in total. The SMILES string of the molecule is CC1(C)[C@H](C(=O)O)[C@@H]1C(=O)N1CCc2cccc(F)c2C1. The molecule has 0 unspecified atom stereocenters. The van der Waals surface area contributed by atoms with Gasteiger partial charge < -0.3 is 10.0 Å². The van der Waals surface area contributed by atoms with Crippen molar-refractivity contribution in [2.45, 2.75) is 26.8 Å². The van der Waals surface area contributed by atoms with Crippen molar-refractivity contribution in [3.05, 3.63) is 35.1 Å². The molecule has 1 aromatic rings. The van der Waals surface area contributed by atoms with E-state index in [0.717, 1.165) is 5.56 Å². The number of carbonyl (C=O) groups is 2. The van der Waals surface area contributed by atoms with E-state index in [4.69, 9.17) is 0 Å². The van der Waals surface area contributed by atoms with Crippen molar-refractivity contribution >= 4 is 11.9 Å². The van der Waals surface area contributed by atoms with Gasteiger partial charge in [0.15, 0.2) is 0 Å². The summed E-state index contributed by atoms with van der Waals surface area (Å²) in [6, 6.07) is 4.95. The van der Waals surface area contributed by atoms with Gasteiger partial charge in [0.2, 0.25) is 5.91 Å². The van der Waals surface area contributed by atoms with Crippen LogP contribution in [0.15, 0.2) is 18.2 Å². The summed E-state index contributed by atoms with van der Waals surface area (Å²) in [5.74, 6) is -2.52. The lowest BCUT2D eigenvalue weighted by molar-refractivity contribution is -0.142. The highest BCUT2D eigenvalue weighted by Crippen LogP contribution is 2.59. The van der Waals surface area contributed by atoms with Crippen LogP contribution in [0.5, 0.6) is 0 Å². The number of rotatable bonds is 2. The number of carboxylic acids is 1. The average Bonchev–Trinajstić information content (AvgIpc) is 3.01. The van der Waals surface area contributed by atoms with Gasteiger partial charge in [0.05, 0.1) is 11.8 Å². The van der Waals surface area contributed by atoms with Crippen LogP contribution in [0.25, 0.3) is 0 Å². The Morgan fingerprint density at radius 3 is 2.67 bits per heavy atom. The first-order chi connectivity index (χ1) is 9.84. The van der Waals surface area contributed by atoms with Crippen molar-refractivity contribution in [1.29, 1.82) is 0 Å². The fourth-order valence-corrected chi connectivity index (χ4v) is 3.48. The number of hydrogen-bond donors (Lipinski definition) is 1. The summed E-state index contributed by atoms with van der Waals surface area (Å²) in [5, 5.41) is 9.18. The maximum atomic E-state index is 13.8. The lowest BCUT2D eigenvalue weighted by Crippen LogP contribution is -2.38. The number of carbonyl (C=O) groups excluding carboxylic acids is 1. The van der Waals surface area contributed by atoms with Crippen LogP contribution in [0.3, 0.4) is 0 Å². The van der Waals surface area contributed by atoms with Gasteiger partial charge in [0, 0.05) is 18.7 Å². The largest absolute Gasteiger partial charge is 0.481 e. The topological polar surface area (TPSA) is 57.6 Å². The van der Waals surface area contributed by atoms with E-state index >= 15 is 0 Å². The van der Waals surface area contributed by atoms with Gasteiger partial charge in [-0.3, -0.25) is 9.59 Å². The van der Waals surface area contributed by atoms with Gasteiger partial charge in [-0.25, -0.2) is 4.39 Å². The highest BCUT2D eigenvalue weighted by atomic mass is 19.1. The minimum absolute atomic E-state index is 0.165. The van der Waals surface area contributed by atoms with Crippen LogP contribution in [0.4, 0.5) is 4.39 Å². The molecule has 1 aliphatic carbocycles. The standard InChI is InChI=1S/C16H18FNO3/c1-16(2)12(13(16)15(20)21)14(19)18-7-6-9-4-3-5-11(17)10(9)8-18/h3-5,12-13H,6-8H2,1-2H3,(H,20,21)/t12-,13+/m1/s1. The van der Waals surface area contributed by atoms with Gasteiger partial charge in [0.25, 0.3) is 0 Å². The van der Waals surface area contributed by atoms with Gasteiger partial charge in [-0.15, -0.1) is 0 Å². The summed E-state index contributed by atoms with van der Waals surface area (Å²) >= 11 is 0. The number of carboxylic acid groups (broad SMARTS) is 1. The highest BCUT2D eigenvalue weighted by Gasteiger charge is 2.66. The molecule has 1 saturated carbocycles. The van der Waals surface area contributed by atoms with Crippen LogP contribution in [0, 0.1) is 23.1 Å². The minimum Gasteiger partial charge on any atom is -0.481 e. The van der Waals surface area contributed by atoms with E-state index < -0.39 is 23.2 Å². The van der Waals surface area contributed by atoms with Crippen LogP contribution >= 0.6 is 0 Å². The summed E-state index contributed by atoms with van der Waals surface area (Å²) < 4.78 is 13.8. The van der Waals surface area contributed by atoms with E-state index in [0.29, 0.717) is 18.5 Å². The first kappa shape index (κ1) is 14.0. The third kappa shape index (κ3) is 2.11. The number of benzene rings is 1. The zero-order valence-electron chi connectivity index (χ0n) is 12.1. The van der Waals surface area contributed by atoms with Gasteiger partial charge in [0.1, 0.15) is 5.82 Å². The Hall–Kier alpha value is -1.91. The molecular formula is C16H18FNO3. The summed E-state index contributed by atoms with van der Waals surface area (Å²) in [6.45, 7) is 4.35. The van der Waals surface area contributed by atoms with E-state index in [-0.39, 0.29) is 18.3 Å². The molecule has 1 aliphatic heterocycles. The third-order valence-electron chi connectivity index (χ3n) is 4.89. The molecule has 1 fully saturated rings. The quantitative estimate of drug-likeness (QED) is 0.907. The molecule has 5 heteroatoms. The van der Waals surface area contributed by atoms with Crippen molar-refractivity contribution in [1.82, 2.24) is 4.90 Å². The van der Waals surface area contributed by atoms with Crippen LogP contribution in [0.1, 0.15) is 25.0 Å². The molecule has 2 aliphatic rings. The van der Waals surface area contributed by atoms with E-state index in [1.54, 1.807) is 24.8 Å². The molecule has 0 radical (unpaired) electrons. The average molecular weight is 291 g/mol. The maximum Gasteiger partial charge on any atom is 0.307 e. The van der Waals surface area contributed by atoms with Gasteiger partial charge in [-0.05, 0) is 23.5 Å². The number of amides is 1. The van der Waals surface area contributed by atoms with Crippen molar-refractivity contribution in [3.63, 3.8) is 0 Å². The summed E-state index contributed by atoms with van der Waals surface area (Å²) in [7, 11) is 0. The number of aliphatic carboxylic acids is 1. The number of fused-ring (bicyclic) bond motifs is 1. The first-order valence-electron chi connectivity index (χ1n) is 7.12. The van der Waals surface area contributed by atoms with Gasteiger partial charge >= 0.3 is 5.97 Å². The van der Waals surface area contributed by atoms with Crippen LogP contribution < -0.4 is 0 Å². The monoisotopic (exact) mass is 291 g/mol. The zero-order valence-corrected chi connectivity index (χ0v) is 12.1. The number of halogens is 1. The molecular weight excluding hydrogens is 273 g/mol. The summed E-state index contributed by atoms with van der Waals surface area (Å²) in [6.07, 6.45) is 0.615. The molecule has 1 N–H and O–H groups in total. The Bertz CT molecular complexity index is 626. The molecule has 0 bridgehead atoms. The second-order valence-electron chi connectivity index (χ2n) is 6.50. The van der Waals surface area contributed by atoms with Crippen LogP contribution in [0.2, 0.25) is 0 Å². The summed E-state index contributed by atoms with van der Waals surface area (Å²) in [4.78, 5) is 25.3. The Labute approximate surface area is 122 Å². The molecule has 112 valence electrons. The molecule has 1 heterocycles. The molecule has 0 aromatic heterocycles. The van der Waals surface area contributed by atoms with Gasteiger partial charge in [-0.2, -0.15) is 0 Å². The fourth-order valence-electron chi connectivity index (χ4n) is 3.48. The second kappa shape index (κ2) is 4.55. The molecule has 3 rings (SSSR count). The van der Waals surface area contributed by atoms with Crippen LogP contribution in [-0.4, -0.2) is 28.4 Å². The molecule has 1 amide bonds. The van der Waals surface area contributed by atoms with Crippen molar-refractivity contribution in [2.75, 3.05) is 6.54 Å². The smallest absolute Gasteiger partial charge is 0.307 e. The lowest BCUT2D eigenvalue weighted by Gasteiger charge is -2.29. The lowest BCUT2D eigenvalue weighted by atomic mass is 9.98. The summed E-state index contributed by atoms with van der Waals surface area (Å²) in [5.41, 5.74) is 0.977. The van der Waals surface area contributed by atoms with Crippen molar-refractivity contribution in [3.8, 4) is 0 Å². The number of hydrogen-bond acceptors (Lipinski definition) is 2. The van der Waals surface area contributed by atoms with Crippen LogP contribution in [-0.2, 0) is 22.6 Å². The Kier molecular flexibility index (Phi) is 3.04. The fraction of sp³-hybridized carbons (Fsp3) is 0.500. The van der Waals surface area contributed by atoms with Gasteiger partial charge in [-0.1, -0.05) is 26.0 Å². The third-order valence-corrected chi connectivity index (χ3v) is 4.89.